The van der Waals surface area contributed by atoms with Crippen molar-refractivity contribution in [1.29, 1.82) is 0 Å². The molecule has 0 aromatic heterocycles. The van der Waals surface area contributed by atoms with Gasteiger partial charge in [0.1, 0.15) is 17.7 Å². The molecule has 0 saturated carbocycles. The first-order valence-corrected chi connectivity index (χ1v) is 7.65. The van der Waals surface area contributed by atoms with E-state index in [1.165, 1.54) is 17.7 Å². The minimum atomic E-state index is -0.286. The van der Waals surface area contributed by atoms with E-state index in [2.05, 4.69) is 23.3 Å². The lowest BCUT2D eigenvalue weighted by atomic mass is 10.1. The summed E-state index contributed by atoms with van der Waals surface area (Å²) in [6.45, 7) is 4.40. The minimum Gasteiger partial charge on any atom is -0.489 e. The molecule has 4 nitrogen and oxygen atoms in total. The van der Waals surface area contributed by atoms with Crippen molar-refractivity contribution in [2.75, 3.05) is 11.9 Å². The van der Waals surface area contributed by atoms with Crippen molar-refractivity contribution in [3.63, 3.8) is 0 Å². The Morgan fingerprint density at radius 3 is 2.70 bits per heavy atom. The highest BCUT2D eigenvalue weighted by atomic mass is 19.1. The van der Waals surface area contributed by atoms with Gasteiger partial charge < -0.3 is 15.8 Å². The van der Waals surface area contributed by atoms with Gasteiger partial charge in [0.25, 0.3) is 0 Å². The summed E-state index contributed by atoms with van der Waals surface area (Å²) >= 11 is 0. The maximum absolute atomic E-state index is 12.8. The number of benzene rings is 2. The van der Waals surface area contributed by atoms with Gasteiger partial charge in [0, 0.05) is 5.69 Å². The average molecular weight is 315 g/mol. The first-order chi connectivity index (χ1) is 11.1. The van der Waals surface area contributed by atoms with Crippen LogP contribution >= 0.6 is 0 Å². The van der Waals surface area contributed by atoms with Crippen LogP contribution in [0.25, 0.3) is 0 Å². The van der Waals surface area contributed by atoms with Gasteiger partial charge in [-0.2, -0.15) is 0 Å². The van der Waals surface area contributed by atoms with E-state index >= 15 is 0 Å². The predicted octanol–water partition coefficient (Wildman–Crippen LogP) is 3.58. The smallest absolute Gasteiger partial charge is 0.193 e. The number of ether oxygens (including phenoxy) is 1. The number of rotatable bonds is 6. The van der Waals surface area contributed by atoms with Crippen LogP contribution < -0.4 is 15.8 Å². The summed E-state index contributed by atoms with van der Waals surface area (Å²) in [6, 6.07) is 13.9. The number of hydrogen-bond acceptors (Lipinski definition) is 2. The van der Waals surface area contributed by atoms with Crippen LogP contribution in [0.15, 0.2) is 53.5 Å². The van der Waals surface area contributed by atoms with Crippen LogP contribution in [0.3, 0.4) is 0 Å². The van der Waals surface area contributed by atoms with Crippen molar-refractivity contribution in [2.24, 2.45) is 10.7 Å². The molecule has 5 heteroatoms. The van der Waals surface area contributed by atoms with E-state index in [0.29, 0.717) is 18.3 Å². The van der Waals surface area contributed by atoms with Gasteiger partial charge >= 0.3 is 0 Å². The highest BCUT2D eigenvalue weighted by Gasteiger charge is 2.04. The summed E-state index contributed by atoms with van der Waals surface area (Å²) in [7, 11) is 0. The highest BCUT2D eigenvalue weighted by molar-refractivity contribution is 5.92. The lowest BCUT2D eigenvalue weighted by Crippen LogP contribution is -2.25. The van der Waals surface area contributed by atoms with E-state index in [4.69, 9.17) is 10.5 Å². The van der Waals surface area contributed by atoms with E-state index in [0.717, 1.165) is 12.1 Å². The van der Waals surface area contributed by atoms with Gasteiger partial charge in [0.2, 0.25) is 0 Å². The fourth-order valence-corrected chi connectivity index (χ4v) is 2.07. The number of nitrogens with one attached hydrogen (secondary N) is 1. The van der Waals surface area contributed by atoms with Gasteiger partial charge in [-0.3, -0.25) is 0 Å². The fourth-order valence-electron chi connectivity index (χ4n) is 2.07. The Balaban J connectivity index is 1.86. The zero-order chi connectivity index (χ0) is 16.7. The van der Waals surface area contributed by atoms with Crippen LogP contribution in [-0.2, 0) is 6.42 Å². The zero-order valence-corrected chi connectivity index (χ0v) is 13.4. The molecule has 0 amide bonds. The van der Waals surface area contributed by atoms with Crippen LogP contribution in [0.1, 0.15) is 19.4 Å². The molecule has 23 heavy (non-hydrogen) atoms. The van der Waals surface area contributed by atoms with Crippen molar-refractivity contribution in [3.05, 3.63) is 59.9 Å². The second kappa shape index (κ2) is 8.17. The van der Waals surface area contributed by atoms with Crippen molar-refractivity contribution in [2.45, 2.75) is 26.4 Å². The molecule has 2 aromatic carbocycles. The Morgan fingerprint density at radius 1 is 1.26 bits per heavy atom. The number of nitrogens with zero attached hydrogens (tertiary/aromatic N) is 1. The van der Waals surface area contributed by atoms with Crippen LogP contribution in [0.2, 0.25) is 0 Å². The molecule has 0 heterocycles. The van der Waals surface area contributed by atoms with Crippen LogP contribution in [0.4, 0.5) is 10.1 Å². The molecule has 2 rings (SSSR count). The number of anilines is 1. The highest BCUT2D eigenvalue weighted by Crippen LogP contribution is 2.13. The Hall–Kier alpha value is -2.56. The number of hydrogen-bond donors (Lipinski definition) is 2. The molecular weight excluding hydrogens is 293 g/mol. The number of halogens is 1. The van der Waals surface area contributed by atoms with Crippen molar-refractivity contribution in [1.82, 2.24) is 0 Å². The van der Waals surface area contributed by atoms with Crippen LogP contribution in [0.5, 0.6) is 5.75 Å². The summed E-state index contributed by atoms with van der Waals surface area (Å²) < 4.78 is 18.5. The molecule has 0 bridgehead atoms. The molecular formula is C18H22FN3O. The first-order valence-electron chi connectivity index (χ1n) is 7.65. The molecule has 0 spiro atoms. The molecule has 3 N–H and O–H groups in total. The summed E-state index contributed by atoms with van der Waals surface area (Å²) in [5.74, 6) is 0.662. The van der Waals surface area contributed by atoms with Crippen LogP contribution in [0, 0.1) is 5.82 Å². The third-order valence-corrected chi connectivity index (χ3v) is 3.28. The number of aliphatic imine (C=N–C) groups is 1. The minimum absolute atomic E-state index is 0.164. The van der Waals surface area contributed by atoms with E-state index < -0.39 is 0 Å². The van der Waals surface area contributed by atoms with Gasteiger partial charge in [-0.15, -0.1) is 0 Å². The molecule has 0 fully saturated rings. The largest absolute Gasteiger partial charge is 0.489 e. The van der Waals surface area contributed by atoms with Crippen molar-refractivity contribution >= 4 is 11.6 Å². The van der Waals surface area contributed by atoms with Gasteiger partial charge in [-0.05, 0) is 55.3 Å². The standard InChI is InChI=1S/C18H22FN3O/c1-3-14-5-4-6-16(11-14)22-18(20)21-12-13(2)23-17-9-7-15(19)8-10-17/h4-11,13H,3,12H2,1-2H3,(H3,20,21,22). The Kier molecular flexibility index (Phi) is 5.97. The van der Waals surface area contributed by atoms with Crippen molar-refractivity contribution < 1.29 is 9.13 Å². The van der Waals surface area contributed by atoms with E-state index in [9.17, 15) is 4.39 Å². The molecule has 0 aliphatic rings. The predicted molar refractivity (Wildman–Crippen MR) is 92.4 cm³/mol. The number of nitrogens with two attached hydrogens (primary N) is 1. The monoisotopic (exact) mass is 315 g/mol. The second-order valence-electron chi connectivity index (χ2n) is 5.29. The number of guanidine groups is 1. The maximum atomic E-state index is 12.8. The summed E-state index contributed by atoms with van der Waals surface area (Å²) in [6.07, 6.45) is 0.803. The lowest BCUT2D eigenvalue weighted by Gasteiger charge is -2.13. The zero-order valence-electron chi connectivity index (χ0n) is 13.4. The molecule has 1 atom stereocenters. The van der Waals surface area contributed by atoms with Gasteiger partial charge in [-0.25, -0.2) is 9.38 Å². The van der Waals surface area contributed by atoms with Gasteiger partial charge in [0.05, 0.1) is 6.54 Å². The SMILES string of the molecule is CCc1cccc(NC(N)=NCC(C)Oc2ccc(F)cc2)c1. The van der Waals surface area contributed by atoms with E-state index in [1.807, 2.05) is 25.1 Å². The summed E-state index contributed by atoms with van der Waals surface area (Å²) in [5.41, 5.74) is 8.04. The summed E-state index contributed by atoms with van der Waals surface area (Å²) in [4.78, 5) is 4.27. The van der Waals surface area contributed by atoms with Crippen molar-refractivity contribution in [3.8, 4) is 5.75 Å². The molecule has 0 radical (unpaired) electrons. The average Bonchev–Trinajstić information content (AvgIpc) is 2.55. The maximum Gasteiger partial charge on any atom is 0.193 e. The first kappa shape index (κ1) is 16.8. The van der Waals surface area contributed by atoms with E-state index in [1.54, 1.807) is 12.1 Å². The molecule has 2 aromatic rings. The van der Waals surface area contributed by atoms with Gasteiger partial charge in [-0.1, -0.05) is 19.1 Å². The normalized spacial score (nSPS) is 12.7. The summed E-state index contributed by atoms with van der Waals surface area (Å²) in [5, 5.41) is 3.07. The number of aryl methyl sites for hydroxylation is 1. The van der Waals surface area contributed by atoms with Crippen LogP contribution in [-0.4, -0.2) is 18.6 Å². The lowest BCUT2D eigenvalue weighted by molar-refractivity contribution is 0.230. The second-order valence-corrected chi connectivity index (χ2v) is 5.29. The third kappa shape index (κ3) is 5.62. The third-order valence-electron chi connectivity index (χ3n) is 3.28. The van der Waals surface area contributed by atoms with E-state index in [-0.39, 0.29) is 11.9 Å². The topological polar surface area (TPSA) is 59.6 Å². The molecule has 0 aliphatic carbocycles. The van der Waals surface area contributed by atoms with Gasteiger partial charge in [0.15, 0.2) is 5.96 Å². The Labute approximate surface area is 136 Å². The quantitative estimate of drug-likeness (QED) is 0.633. The molecule has 0 saturated heterocycles. The molecule has 1 unspecified atom stereocenters. The Bertz CT molecular complexity index is 656. The fraction of sp³-hybridized carbons (Fsp3) is 0.278. The Morgan fingerprint density at radius 2 is 2.00 bits per heavy atom. The molecule has 122 valence electrons. The molecule has 0 aliphatic heterocycles.